The van der Waals surface area contributed by atoms with Gasteiger partial charge in [0, 0.05) is 23.4 Å². The summed E-state index contributed by atoms with van der Waals surface area (Å²) >= 11 is 0. The number of methoxy groups -OCH3 is 1. The van der Waals surface area contributed by atoms with Crippen LogP contribution in [0.4, 0.5) is 19.0 Å². The fourth-order valence-electron chi connectivity index (χ4n) is 2.94. The summed E-state index contributed by atoms with van der Waals surface area (Å²) in [5, 5.41) is 3.33. The molecule has 154 valence electrons. The summed E-state index contributed by atoms with van der Waals surface area (Å²) in [7, 11) is 1.32. The highest BCUT2D eigenvalue weighted by Crippen LogP contribution is 2.34. The van der Waals surface area contributed by atoms with Gasteiger partial charge in [0.1, 0.15) is 11.5 Å². The van der Waals surface area contributed by atoms with Gasteiger partial charge in [-0.05, 0) is 25.0 Å². The second-order valence-electron chi connectivity index (χ2n) is 6.21. The van der Waals surface area contributed by atoms with E-state index in [0.717, 1.165) is 29.4 Å². The summed E-state index contributed by atoms with van der Waals surface area (Å²) in [5.41, 5.74) is 1.09. The van der Waals surface area contributed by atoms with Gasteiger partial charge in [-0.2, -0.15) is 0 Å². The largest absolute Gasteiger partial charge is 0.573 e. The van der Waals surface area contributed by atoms with Crippen LogP contribution in [0.3, 0.4) is 0 Å². The molecule has 0 saturated carbocycles. The fraction of sp³-hybridized carbons (Fsp3) is 0.474. The van der Waals surface area contributed by atoms with E-state index >= 15 is 0 Å². The number of halogens is 3. The average Bonchev–Trinajstić information content (AvgIpc) is 2.65. The fourth-order valence-corrected chi connectivity index (χ4v) is 2.94. The van der Waals surface area contributed by atoms with Crippen LogP contribution < -0.4 is 19.2 Å². The van der Waals surface area contributed by atoms with Crippen LogP contribution in [-0.2, 0) is 6.42 Å². The van der Waals surface area contributed by atoms with E-state index in [4.69, 9.17) is 4.74 Å². The van der Waals surface area contributed by atoms with Gasteiger partial charge in [-0.15, -0.1) is 13.2 Å². The molecule has 0 bridgehead atoms. The summed E-state index contributed by atoms with van der Waals surface area (Å²) in [5.74, 6) is 0.311. The Balaban J connectivity index is 2.49. The second kappa shape index (κ2) is 8.99. The normalized spacial score (nSPS) is 11.6. The molecular weight excluding hydrogens is 375 g/mol. The Morgan fingerprint density at radius 3 is 2.43 bits per heavy atom. The number of hydrogen-bond acceptors (Lipinski definition) is 4. The van der Waals surface area contributed by atoms with Gasteiger partial charge in [-0.25, -0.2) is 0 Å². The zero-order valence-corrected chi connectivity index (χ0v) is 16.3. The molecular formula is C19H25F3N3O3+. The monoisotopic (exact) mass is 400 g/mol. The van der Waals surface area contributed by atoms with E-state index in [0.29, 0.717) is 23.5 Å². The molecule has 0 aliphatic rings. The van der Waals surface area contributed by atoms with E-state index in [1.807, 2.05) is 6.92 Å². The summed E-state index contributed by atoms with van der Waals surface area (Å²) < 4.78 is 47.2. The van der Waals surface area contributed by atoms with Crippen LogP contribution in [0.2, 0.25) is 0 Å². The van der Waals surface area contributed by atoms with Crippen molar-refractivity contribution in [1.82, 2.24) is 4.98 Å². The number of aromatic amines is 1. The molecule has 28 heavy (non-hydrogen) atoms. The quantitative estimate of drug-likeness (QED) is 0.632. The third-order valence-corrected chi connectivity index (χ3v) is 4.46. The Morgan fingerprint density at radius 2 is 1.89 bits per heavy atom. The van der Waals surface area contributed by atoms with Crippen LogP contribution in [0.15, 0.2) is 24.4 Å². The van der Waals surface area contributed by atoms with Gasteiger partial charge in [0.15, 0.2) is 5.82 Å². The number of alkyl halides is 3. The summed E-state index contributed by atoms with van der Waals surface area (Å²) in [4.78, 5) is 16.1. The van der Waals surface area contributed by atoms with Gasteiger partial charge in [-0.1, -0.05) is 20.8 Å². The highest BCUT2D eigenvalue weighted by molar-refractivity contribution is 5.66. The lowest BCUT2D eigenvalue weighted by molar-refractivity contribution is -0.492. The van der Waals surface area contributed by atoms with Crippen molar-refractivity contribution in [2.45, 2.75) is 52.4 Å². The number of benzene rings is 1. The van der Waals surface area contributed by atoms with Crippen molar-refractivity contribution in [3.8, 4) is 22.8 Å². The van der Waals surface area contributed by atoms with Gasteiger partial charge in [0.25, 0.3) is 11.4 Å². The van der Waals surface area contributed by atoms with Gasteiger partial charge in [0.05, 0.1) is 23.3 Å². The number of nitrogens with one attached hydrogen (secondary N) is 2. The maximum absolute atomic E-state index is 13.0. The molecule has 0 aliphatic carbocycles. The SMILES string of the molecule is CCc1c(NC(CC)CC)[nH]cc(-c2ccc(OC(F)(F)F)cc2OC)[n+]1=O. The number of hydrogen-bond donors (Lipinski definition) is 2. The van der Waals surface area contributed by atoms with E-state index in [9.17, 15) is 18.1 Å². The maximum Gasteiger partial charge on any atom is 0.573 e. The number of H-pyrrole nitrogens is 1. The highest BCUT2D eigenvalue weighted by atomic mass is 19.4. The minimum absolute atomic E-state index is 0.0995. The molecule has 2 rings (SSSR count). The van der Waals surface area contributed by atoms with Crippen LogP contribution in [0.5, 0.6) is 11.5 Å². The van der Waals surface area contributed by atoms with Crippen LogP contribution in [0.1, 0.15) is 39.3 Å². The molecule has 1 aromatic heterocycles. The molecule has 0 unspecified atom stereocenters. The molecule has 0 spiro atoms. The molecule has 0 aliphatic heterocycles. The van der Waals surface area contributed by atoms with Crippen LogP contribution >= 0.6 is 0 Å². The first-order chi connectivity index (χ1) is 13.2. The number of nitrogens with zero attached hydrogens (tertiary/aromatic N) is 1. The second-order valence-corrected chi connectivity index (χ2v) is 6.21. The van der Waals surface area contributed by atoms with E-state index in [-0.39, 0.29) is 17.5 Å². The number of aromatic nitrogens is 2. The maximum atomic E-state index is 13.0. The zero-order valence-electron chi connectivity index (χ0n) is 16.3. The lowest BCUT2D eigenvalue weighted by Gasteiger charge is -2.16. The van der Waals surface area contributed by atoms with Gasteiger partial charge in [-0.3, -0.25) is 0 Å². The van der Waals surface area contributed by atoms with Crippen molar-refractivity contribution in [3.63, 3.8) is 0 Å². The minimum Gasteiger partial charge on any atom is -0.496 e. The summed E-state index contributed by atoms with van der Waals surface area (Å²) in [6.07, 6.45) is -1.02. The molecule has 0 amide bonds. The predicted octanol–water partition coefficient (Wildman–Crippen LogP) is 4.67. The molecule has 6 nitrogen and oxygen atoms in total. The van der Waals surface area contributed by atoms with E-state index in [2.05, 4.69) is 28.9 Å². The van der Waals surface area contributed by atoms with Crippen LogP contribution in [0, 0.1) is 4.91 Å². The molecule has 2 aromatic rings. The lowest BCUT2D eigenvalue weighted by Crippen LogP contribution is -2.29. The zero-order chi connectivity index (χ0) is 20.9. The van der Waals surface area contributed by atoms with E-state index < -0.39 is 12.1 Å². The van der Waals surface area contributed by atoms with Crippen molar-refractivity contribution in [2.75, 3.05) is 12.4 Å². The Hall–Kier alpha value is -2.71. The molecule has 1 aromatic carbocycles. The van der Waals surface area contributed by atoms with Crippen molar-refractivity contribution in [3.05, 3.63) is 35.0 Å². The average molecular weight is 400 g/mol. The van der Waals surface area contributed by atoms with Crippen molar-refractivity contribution >= 4 is 5.82 Å². The molecule has 2 N–H and O–H groups in total. The number of anilines is 1. The highest BCUT2D eigenvalue weighted by Gasteiger charge is 2.32. The van der Waals surface area contributed by atoms with E-state index in [1.165, 1.54) is 19.4 Å². The number of ether oxygens (including phenoxy) is 2. The van der Waals surface area contributed by atoms with Gasteiger partial charge >= 0.3 is 6.36 Å². The Bertz CT molecular complexity index is 862. The molecule has 0 radical (unpaired) electrons. The number of rotatable bonds is 8. The lowest BCUT2D eigenvalue weighted by atomic mass is 10.1. The van der Waals surface area contributed by atoms with Crippen molar-refractivity contribution < 1.29 is 27.1 Å². The molecule has 0 saturated heterocycles. The first-order valence-corrected chi connectivity index (χ1v) is 9.11. The van der Waals surface area contributed by atoms with Gasteiger partial charge in [0.2, 0.25) is 0 Å². The molecule has 1 heterocycles. The Kier molecular flexibility index (Phi) is 6.93. The smallest absolute Gasteiger partial charge is 0.496 e. The predicted molar refractivity (Wildman–Crippen MR) is 100 cm³/mol. The third-order valence-electron chi connectivity index (χ3n) is 4.46. The molecule has 9 heteroatoms. The minimum atomic E-state index is -4.81. The van der Waals surface area contributed by atoms with Crippen LogP contribution in [-0.4, -0.2) is 24.5 Å². The first-order valence-electron chi connectivity index (χ1n) is 9.11. The third kappa shape index (κ3) is 4.96. The summed E-state index contributed by atoms with van der Waals surface area (Å²) in [6, 6.07) is 3.84. The standard InChI is InChI=1S/C19H25F3N3O3/c1-5-12(6-2)24-18-15(7-3)25(26)16(11-23-18)14-9-8-13(10-17(14)27-4)28-19(20,21)22/h8-12H,5-7H2,1-4H3,(H2,23,24,26)/q+1. The van der Waals surface area contributed by atoms with Crippen LogP contribution in [0.25, 0.3) is 11.3 Å². The molecule has 0 fully saturated rings. The van der Waals surface area contributed by atoms with Gasteiger partial charge < -0.3 is 19.8 Å². The molecule has 0 atom stereocenters. The first kappa shape index (κ1) is 21.6. The van der Waals surface area contributed by atoms with E-state index in [1.54, 1.807) is 0 Å². The Labute approximate surface area is 161 Å². The van der Waals surface area contributed by atoms with Crippen molar-refractivity contribution in [1.29, 1.82) is 0 Å². The van der Waals surface area contributed by atoms with Crippen molar-refractivity contribution in [2.24, 2.45) is 0 Å². The summed E-state index contributed by atoms with van der Waals surface area (Å²) in [6.45, 7) is 5.97. The topological polar surface area (TPSA) is 69.2 Å². The Morgan fingerprint density at radius 1 is 1.21 bits per heavy atom.